The lowest BCUT2D eigenvalue weighted by molar-refractivity contribution is 0.0617. The number of methoxy groups -OCH3 is 1. The van der Waals surface area contributed by atoms with Gasteiger partial charge in [0, 0.05) is 37.7 Å². The summed E-state index contributed by atoms with van der Waals surface area (Å²) in [5.41, 5.74) is 0.620. The summed E-state index contributed by atoms with van der Waals surface area (Å²) in [5, 5.41) is 0.702. The fourth-order valence-electron chi connectivity index (χ4n) is 2.99. The number of carbonyl (C=O) groups is 1. The Kier molecular flexibility index (Phi) is 6.36. The first-order valence-corrected chi connectivity index (χ1v) is 9.08. The summed E-state index contributed by atoms with van der Waals surface area (Å²) >= 11 is 5.87. The maximum Gasteiger partial charge on any atom is 0.257 e. The van der Waals surface area contributed by atoms with Gasteiger partial charge in [0.05, 0.1) is 12.7 Å². The molecule has 0 bridgehead atoms. The largest absolute Gasteiger partial charge is 0.496 e. The van der Waals surface area contributed by atoms with Crippen LogP contribution in [0, 0.1) is 0 Å². The number of piperazine rings is 1. The molecule has 1 amide bonds. The molecule has 1 saturated heterocycles. The molecule has 3 rings (SSSR count). The topological polar surface area (TPSA) is 42.0 Å². The molecule has 0 unspecified atom stereocenters. The van der Waals surface area contributed by atoms with E-state index in [9.17, 15) is 4.79 Å². The molecule has 0 radical (unpaired) electrons. The summed E-state index contributed by atoms with van der Waals surface area (Å²) in [6.07, 6.45) is 0. The van der Waals surface area contributed by atoms with Crippen LogP contribution < -0.4 is 9.47 Å². The van der Waals surface area contributed by atoms with Crippen molar-refractivity contribution in [3.05, 3.63) is 59.1 Å². The van der Waals surface area contributed by atoms with Crippen LogP contribution >= 0.6 is 11.6 Å². The molecule has 26 heavy (non-hydrogen) atoms. The monoisotopic (exact) mass is 374 g/mol. The summed E-state index contributed by atoms with van der Waals surface area (Å²) in [5.74, 6) is 1.47. The quantitative estimate of drug-likeness (QED) is 0.778. The van der Waals surface area contributed by atoms with E-state index in [1.165, 1.54) is 0 Å². The standard InChI is InChI=1S/C20H23ClN2O3/c1-25-19-5-3-2-4-18(19)20(24)23-12-10-22(11-13-23)14-15-26-17-8-6-16(21)7-9-17/h2-9H,10-15H2,1H3. The molecule has 138 valence electrons. The second kappa shape index (κ2) is 8.92. The van der Waals surface area contributed by atoms with Gasteiger partial charge in [-0.2, -0.15) is 0 Å². The number of nitrogens with zero attached hydrogens (tertiary/aromatic N) is 2. The van der Waals surface area contributed by atoms with Crippen LogP contribution in [-0.2, 0) is 0 Å². The van der Waals surface area contributed by atoms with Crippen molar-refractivity contribution < 1.29 is 14.3 Å². The van der Waals surface area contributed by atoms with Crippen molar-refractivity contribution in [2.24, 2.45) is 0 Å². The molecule has 0 atom stereocenters. The number of carbonyl (C=O) groups excluding carboxylic acids is 1. The third-order valence-corrected chi connectivity index (χ3v) is 4.74. The average Bonchev–Trinajstić information content (AvgIpc) is 2.69. The lowest BCUT2D eigenvalue weighted by Gasteiger charge is -2.34. The van der Waals surface area contributed by atoms with Gasteiger partial charge in [-0.1, -0.05) is 23.7 Å². The molecule has 0 saturated carbocycles. The van der Waals surface area contributed by atoms with Crippen molar-refractivity contribution in [3.63, 3.8) is 0 Å². The van der Waals surface area contributed by atoms with Crippen LogP contribution in [-0.4, -0.2) is 62.1 Å². The molecular formula is C20H23ClN2O3. The van der Waals surface area contributed by atoms with E-state index in [4.69, 9.17) is 21.1 Å². The molecule has 1 heterocycles. The van der Waals surface area contributed by atoms with Crippen molar-refractivity contribution in [2.75, 3.05) is 46.4 Å². The molecule has 0 aromatic heterocycles. The number of hydrogen-bond donors (Lipinski definition) is 0. The Labute approximate surface area is 159 Å². The first kappa shape index (κ1) is 18.5. The first-order chi connectivity index (χ1) is 12.7. The predicted molar refractivity (Wildman–Crippen MR) is 102 cm³/mol. The maximum absolute atomic E-state index is 12.7. The van der Waals surface area contributed by atoms with Crippen molar-refractivity contribution in [1.82, 2.24) is 9.80 Å². The summed E-state index contributed by atoms with van der Waals surface area (Å²) < 4.78 is 11.0. The van der Waals surface area contributed by atoms with E-state index < -0.39 is 0 Å². The van der Waals surface area contributed by atoms with Crippen LogP contribution in [0.4, 0.5) is 0 Å². The SMILES string of the molecule is COc1ccccc1C(=O)N1CCN(CCOc2ccc(Cl)cc2)CC1. The second-order valence-corrected chi connectivity index (χ2v) is 6.57. The summed E-state index contributed by atoms with van der Waals surface area (Å²) in [7, 11) is 1.59. The van der Waals surface area contributed by atoms with E-state index in [-0.39, 0.29) is 5.91 Å². The zero-order valence-corrected chi connectivity index (χ0v) is 15.6. The van der Waals surface area contributed by atoms with Crippen LogP contribution in [0.15, 0.2) is 48.5 Å². The van der Waals surface area contributed by atoms with Gasteiger partial charge in [0.2, 0.25) is 0 Å². The molecule has 0 spiro atoms. The highest BCUT2D eigenvalue weighted by Crippen LogP contribution is 2.20. The fraction of sp³-hybridized carbons (Fsp3) is 0.350. The lowest BCUT2D eigenvalue weighted by atomic mass is 10.1. The van der Waals surface area contributed by atoms with Crippen LogP contribution in [0.1, 0.15) is 10.4 Å². The Balaban J connectivity index is 1.45. The van der Waals surface area contributed by atoms with E-state index in [1.807, 2.05) is 53.4 Å². The minimum atomic E-state index is 0.0273. The Hall–Kier alpha value is -2.24. The molecule has 5 nitrogen and oxygen atoms in total. The van der Waals surface area contributed by atoms with Crippen LogP contribution in [0.2, 0.25) is 5.02 Å². The lowest BCUT2D eigenvalue weighted by Crippen LogP contribution is -2.49. The van der Waals surface area contributed by atoms with Crippen molar-refractivity contribution >= 4 is 17.5 Å². The minimum Gasteiger partial charge on any atom is -0.496 e. The zero-order valence-electron chi connectivity index (χ0n) is 14.9. The van der Waals surface area contributed by atoms with E-state index >= 15 is 0 Å². The smallest absolute Gasteiger partial charge is 0.257 e. The van der Waals surface area contributed by atoms with Crippen LogP contribution in [0.5, 0.6) is 11.5 Å². The van der Waals surface area contributed by atoms with Crippen LogP contribution in [0.3, 0.4) is 0 Å². The van der Waals surface area contributed by atoms with Crippen LogP contribution in [0.25, 0.3) is 0 Å². The number of rotatable bonds is 6. The predicted octanol–water partition coefficient (Wildman–Crippen LogP) is 3.19. The van der Waals surface area contributed by atoms with Gasteiger partial charge >= 0.3 is 0 Å². The summed E-state index contributed by atoms with van der Waals surface area (Å²) in [4.78, 5) is 16.9. The van der Waals surface area contributed by atoms with E-state index in [0.29, 0.717) is 36.0 Å². The summed E-state index contributed by atoms with van der Waals surface area (Å²) in [6, 6.07) is 14.7. The summed E-state index contributed by atoms with van der Waals surface area (Å²) in [6.45, 7) is 4.53. The van der Waals surface area contributed by atoms with E-state index in [2.05, 4.69) is 4.90 Å². The Morgan fingerprint density at radius 3 is 2.42 bits per heavy atom. The molecule has 1 aliphatic rings. The third-order valence-electron chi connectivity index (χ3n) is 4.49. The molecule has 0 aliphatic carbocycles. The normalized spacial score (nSPS) is 14.9. The third kappa shape index (κ3) is 4.68. The molecule has 6 heteroatoms. The fourth-order valence-corrected chi connectivity index (χ4v) is 3.12. The van der Waals surface area contributed by atoms with E-state index in [1.54, 1.807) is 7.11 Å². The molecule has 1 fully saturated rings. The number of para-hydroxylation sites is 1. The highest BCUT2D eigenvalue weighted by molar-refractivity contribution is 6.30. The minimum absolute atomic E-state index is 0.0273. The van der Waals surface area contributed by atoms with Gasteiger partial charge in [-0.25, -0.2) is 0 Å². The Morgan fingerprint density at radius 2 is 1.73 bits per heavy atom. The molecule has 1 aliphatic heterocycles. The van der Waals surface area contributed by atoms with Crippen molar-refractivity contribution in [3.8, 4) is 11.5 Å². The number of halogens is 1. The average molecular weight is 375 g/mol. The number of amides is 1. The molecule has 0 N–H and O–H groups in total. The highest BCUT2D eigenvalue weighted by atomic mass is 35.5. The molecule has 2 aromatic carbocycles. The molecular weight excluding hydrogens is 352 g/mol. The van der Waals surface area contributed by atoms with Gasteiger partial charge < -0.3 is 14.4 Å². The molecule has 2 aromatic rings. The highest BCUT2D eigenvalue weighted by Gasteiger charge is 2.23. The van der Waals surface area contributed by atoms with E-state index in [0.717, 1.165) is 25.4 Å². The number of hydrogen-bond acceptors (Lipinski definition) is 4. The van der Waals surface area contributed by atoms with Crippen molar-refractivity contribution in [2.45, 2.75) is 0 Å². The van der Waals surface area contributed by atoms with Gasteiger partial charge in [-0.3, -0.25) is 9.69 Å². The first-order valence-electron chi connectivity index (χ1n) is 8.70. The Morgan fingerprint density at radius 1 is 1.04 bits per heavy atom. The zero-order chi connectivity index (χ0) is 18.4. The van der Waals surface area contributed by atoms with Gasteiger partial charge in [-0.15, -0.1) is 0 Å². The van der Waals surface area contributed by atoms with Gasteiger partial charge in [0.15, 0.2) is 0 Å². The second-order valence-electron chi connectivity index (χ2n) is 6.14. The number of ether oxygens (including phenoxy) is 2. The van der Waals surface area contributed by atoms with Gasteiger partial charge in [0.25, 0.3) is 5.91 Å². The number of benzene rings is 2. The van der Waals surface area contributed by atoms with Crippen molar-refractivity contribution in [1.29, 1.82) is 0 Å². The Bertz CT molecular complexity index is 728. The van der Waals surface area contributed by atoms with Gasteiger partial charge in [-0.05, 0) is 36.4 Å². The van der Waals surface area contributed by atoms with Gasteiger partial charge in [0.1, 0.15) is 18.1 Å². The maximum atomic E-state index is 12.7.